The minimum absolute atomic E-state index is 0.260. The van der Waals surface area contributed by atoms with Gasteiger partial charge in [0.2, 0.25) is 0 Å². The van der Waals surface area contributed by atoms with Gasteiger partial charge in [0, 0.05) is 19.7 Å². The number of methoxy groups -OCH3 is 2. The molecule has 0 radical (unpaired) electrons. The van der Waals surface area contributed by atoms with Gasteiger partial charge in [-0.15, -0.1) is 0 Å². The molecule has 0 bridgehead atoms. The maximum atomic E-state index is 11.7. The van der Waals surface area contributed by atoms with Crippen LogP contribution in [0.15, 0.2) is 24.3 Å². The number of ether oxygens (including phenoxy) is 2. The van der Waals surface area contributed by atoms with Crippen LogP contribution in [0.25, 0.3) is 0 Å². The van der Waals surface area contributed by atoms with Crippen LogP contribution in [0.5, 0.6) is 0 Å². The molecule has 1 N–H and O–H groups in total. The van der Waals surface area contributed by atoms with Gasteiger partial charge in [0.1, 0.15) is 0 Å². The second-order valence-corrected chi connectivity index (χ2v) is 4.84. The fourth-order valence-corrected chi connectivity index (χ4v) is 1.89. The highest BCUT2D eigenvalue weighted by Crippen LogP contribution is 2.11. The molecule has 1 rings (SSSR count). The summed E-state index contributed by atoms with van der Waals surface area (Å²) in [7, 11) is 3.09. The van der Waals surface area contributed by atoms with E-state index < -0.39 is 0 Å². The van der Waals surface area contributed by atoms with E-state index in [0.29, 0.717) is 24.6 Å². The summed E-state index contributed by atoms with van der Waals surface area (Å²) in [5.74, 6) is 0.162. The van der Waals surface area contributed by atoms with E-state index in [1.165, 1.54) is 7.11 Å². The number of benzene rings is 1. The van der Waals surface area contributed by atoms with Gasteiger partial charge in [0.15, 0.2) is 0 Å². The van der Waals surface area contributed by atoms with Crippen molar-refractivity contribution in [2.24, 2.45) is 5.92 Å². The summed E-state index contributed by atoms with van der Waals surface area (Å²) in [5.41, 5.74) is 1.55. The zero-order valence-corrected chi connectivity index (χ0v) is 12.1. The van der Waals surface area contributed by atoms with Crippen molar-refractivity contribution in [1.82, 2.24) is 5.32 Å². The lowest BCUT2D eigenvalue weighted by Crippen LogP contribution is -2.37. The maximum absolute atomic E-state index is 11.7. The molecular weight excluding hydrogens is 242 g/mol. The third-order valence-corrected chi connectivity index (χ3v) is 3.13. The Balaban J connectivity index is 2.73. The summed E-state index contributed by atoms with van der Waals surface area (Å²) in [6, 6.07) is 7.73. The number of hydrogen-bond acceptors (Lipinski definition) is 4. The third-order valence-electron chi connectivity index (χ3n) is 3.13. The molecule has 1 aromatic rings. The number of esters is 1. The molecular formula is C15H23NO3. The van der Waals surface area contributed by atoms with E-state index in [4.69, 9.17) is 9.47 Å². The zero-order chi connectivity index (χ0) is 14.3. The SMILES string of the molecule is COCC(NCc1ccccc1C(=O)OC)C(C)C. The molecule has 4 nitrogen and oxygen atoms in total. The van der Waals surface area contributed by atoms with Crippen LogP contribution < -0.4 is 5.32 Å². The summed E-state index contributed by atoms with van der Waals surface area (Å²) in [5, 5.41) is 3.42. The highest BCUT2D eigenvalue weighted by Gasteiger charge is 2.15. The molecule has 0 saturated carbocycles. The van der Waals surface area contributed by atoms with E-state index in [-0.39, 0.29) is 12.0 Å². The molecule has 4 heteroatoms. The molecule has 0 heterocycles. The van der Waals surface area contributed by atoms with Crippen molar-refractivity contribution in [2.75, 3.05) is 20.8 Å². The highest BCUT2D eigenvalue weighted by molar-refractivity contribution is 5.90. The fourth-order valence-electron chi connectivity index (χ4n) is 1.89. The van der Waals surface area contributed by atoms with Crippen LogP contribution in [0.3, 0.4) is 0 Å². The van der Waals surface area contributed by atoms with Crippen molar-refractivity contribution < 1.29 is 14.3 Å². The number of carbonyl (C=O) groups excluding carboxylic acids is 1. The minimum atomic E-state index is -0.301. The standard InChI is InChI=1S/C15H23NO3/c1-11(2)14(10-18-3)16-9-12-7-5-6-8-13(12)15(17)19-4/h5-8,11,14,16H,9-10H2,1-4H3. The molecule has 1 unspecified atom stereocenters. The predicted octanol–water partition coefficient (Wildman–Crippen LogP) is 2.23. The van der Waals surface area contributed by atoms with Gasteiger partial charge in [-0.1, -0.05) is 32.0 Å². The Morgan fingerprint density at radius 2 is 1.95 bits per heavy atom. The molecule has 0 aromatic heterocycles. The van der Waals surface area contributed by atoms with Crippen molar-refractivity contribution in [3.63, 3.8) is 0 Å². The van der Waals surface area contributed by atoms with Crippen LogP contribution in [-0.2, 0) is 16.0 Å². The average molecular weight is 265 g/mol. The van der Waals surface area contributed by atoms with Crippen LogP contribution in [0.2, 0.25) is 0 Å². The normalized spacial score (nSPS) is 12.5. The van der Waals surface area contributed by atoms with Gasteiger partial charge >= 0.3 is 5.97 Å². The minimum Gasteiger partial charge on any atom is -0.465 e. The number of hydrogen-bond donors (Lipinski definition) is 1. The van der Waals surface area contributed by atoms with Crippen molar-refractivity contribution >= 4 is 5.97 Å². The zero-order valence-electron chi connectivity index (χ0n) is 12.1. The van der Waals surface area contributed by atoms with Crippen LogP contribution in [0, 0.1) is 5.92 Å². The lowest BCUT2D eigenvalue weighted by Gasteiger charge is -2.22. The Hall–Kier alpha value is -1.39. The largest absolute Gasteiger partial charge is 0.465 e. The first kappa shape index (κ1) is 15.7. The molecule has 0 aliphatic carbocycles. The van der Waals surface area contributed by atoms with Gasteiger partial charge in [0.05, 0.1) is 19.3 Å². The molecule has 19 heavy (non-hydrogen) atoms. The first-order valence-electron chi connectivity index (χ1n) is 6.48. The second kappa shape index (κ2) is 7.92. The van der Waals surface area contributed by atoms with E-state index in [1.54, 1.807) is 13.2 Å². The molecule has 1 aromatic carbocycles. The number of nitrogens with one attached hydrogen (secondary N) is 1. The van der Waals surface area contributed by atoms with Crippen molar-refractivity contribution in [3.05, 3.63) is 35.4 Å². The number of rotatable bonds is 7. The molecule has 0 spiro atoms. The Kier molecular flexibility index (Phi) is 6.53. The van der Waals surface area contributed by atoms with Crippen molar-refractivity contribution in [1.29, 1.82) is 0 Å². The van der Waals surface area contributed by atoms with Crippen LogP contribution in [0.4, 0.5) is 0 Å². The van der Waals surface area contributed by atoms with Crippen LogP contribution >= 0.6 is 0 Å². The van der Waals surface area contributed by atoms with Gasteiger partial charge in [-0.2, -0.15) is 0 Å². The Morgan fingerprint density at radius 3 is 2.53 bits per heavy atom. The Labute approximate surface area is 115 Å². The molecule has 0 aliphatic heterocycles. The lowest BCUT2D eigenvalue weighted by molar-refractivity contribution is 0.0599. The van der Waals surface area contributed by atoms with Crippen molar-refractivity contribution in [2.45, 2.75) is 26.4 Å². The molecule has 0 aliphatic rings. The van der Waals surface area contributed by atoms with E-state index in [2.05, 4.69) is 19.2 Å². The topological polar surface area (TPSA) is 47.6 Å². The van der Waals surface area contributed by atoms with Gasteiger partial charge in [-0.05, 0) is 17.5 Å². The summed E-state index contributed by atoms with van der Waals surface area (Å²) >= 11 is 0. The Bertz CT molecular complexity index is 404. The van der Waals surface area contributed by atoms with Crippen LogP contribution in [0.1, 0.15) is 29.8 Å². The van der Waals surface area contributed by atoms with Gasteiger partial charge < -0.3 is 14.8 Å². The summed E-state index contributed by atoms with van der Waals surface area (Å²) in [4.78, 5) is 11.7. The van der Waals surface area contributed by atoms with Gasteiger partial charge in [0.25, 0.3) is 0 Å². The number of carbonyl (C=O) groups is 1. The van der Waals surface area contributed by atoms with E-state index in [0.717, 1.165) is 5.56 Å². The maximum Gasteiger partial charge on any atom is 0.338 e. The van der Waals surface area contributed by atoms with E-state index >= 15 is 0 Å². The Morgan fingerprint density at radius 1 is 1.26 bits per heavy atom. The quantitative estimate of drug-likeness (QED) is 0.768. The molecule has 0 saturated heterocycles. The van der Waals surface area contributed by atoms with Crippen molar-refractivity contribution in [3.8, 4) is 0 Å². The summed E-state index contributed by atoms with van der Waals surface area (Å²) in [6.07, 6.45) is 0. The monoisotopic (exact) mass is 265 g/mol. The lowest BCUT2D eigenvalue weighted by atomic mass is 10.0. The fraction of sp³-hybridized carbons (Fsp3) is 0.533. The highest BCUT2D eigenvalue weighted by atomic mass is 16.5. The van der Waals surface area contributed by atoms with Gasteiger partial charge in [-0.25, -0.2) is 4.79 Å². The smallest absolute Gasteiger partial charge is 0.338 e. The van der Waals surface area contributed by atoms with Crippen LogP contribution in [-0.4, -0.2) is 32.8 Å². The molecule has 0 amide bonds. The van der Waals surface area contributed by atoms with Gasteiger partial charge in [-0.3, -0.25) is 0 Å². The summed E-state index contributed by atoms with van der Waals surface area (Å²) in [6.45, 7) is 5.56. The first-order valence-corrected chi connectivity index (χ1v) is 6.48. The van der Waals surface area contributed by atoms with E-state index in [9.17, 15) is 4.79 Å². The third kappa shape index (κ3) is 4.65. The molecule has 0 fully saturated rings. The molecule has 106 valence electrons. The van der Waals surface area contributed by atoms with E-state index in [1.807, 2.05) is 18.2 Å². The molecule has 1 atom stereocenters. The second-order valence-electron chi connectivity index (χ2n) is 4.84. The first-order chi connectivity index (χ1) is 9.10. The predicted molar refractivity (Wildman–Crippen MR) is 75.1 cm³/mol. The summed E-state index contributed by atoms with van der Waals surface area (Å²) < 4.78 is 9.99. The average Bonchev–Trinajstić information content (AvgIpc) is 2.42.